The van der Waals surface area contributed by atoms with E-state index in [1.54, 1.807) is 31.2 Å². The molecule has 1 heterocycles. The SMILES string of the molecule is CC(O)CC(C)CNC(=O)c1cc(=O)c2ccccc2o1. The first-order valence-electron chi connectivity index (χ1n) is 6.96. The van der Waals surface area contributed by atoms with E-state index in [4.69, 9.17) is 4.42 Å². The molecule has 0 radical (unpaired) electrons. The number of para-hydroxylation sites is 1. The van der Waals surface area contributed by atoms with E-state index in [2.05, 4.69) is 5.32 Å². The predicted molar refractivity (Wildman–Crippen MR) is 80.3 cm³/mol. The minimum atomic E-state index is -0.421. The molecule has 5 nitrogen and oxygen atoms in total. The van der Waals surface area contributed by atoms with E-state index in [0.29, 0.717) is 23.9 Å². The van der Waals surface area contributed by atoms with Gasteiger partial charge in [-0.15, -0.1) is 0 Å². The molecule has 21 heavy (non-hydrogen) atoms. The first kappa shape index (κ1) is 15.3. The summed E-state index contributed by atoms with van der Waals surface area (Å²) in [6, 6.07) is 8.02. The molecule has 2 aromatic rings. The summed E-state index contributed by atoms with van der Waals surface area (Å²) < 4.78 is 5.46. The van der Waals surface area contributed by atoms with Crippen molar-refractivity contribution < 1.29 is 14.3 Å². The Bertz CT molecular complexity index is 690. The van der Waals surface area contributed by atoms with E-state index >= 15 is 0 Å². The molecule has 0 aliphatic carbocycles. The number of aliphatic hydroxyl groups excluding tert-OH is 1. The molecule has 2 atom stereocenters. The van der Waals surface area contributed by atoms with Gasteiger partial charge in [-0.25, -0.2) is 0 Å². The van der Waals surface area contributed by atoms with Gasteiger partial charge >= 0.3 is 0 Å². The molecule has 0 fully saturated rings. The van der Waals surface area contributed by atoms with Gasteiger partial charge in [0.25, 0.3) is 5.91 Å². The lowest BCUT2D eigenvalue weighted by Crippen LogP contribution is -2.30. The first-order chi connectivity index (χ1) is 9.97. The Morgan fingerprint density at radius 2 is 2.05 bits per heavy atom. The van der Waals surface area contributed by atoms with Crippen molar-refractivity contribution in [3.8, 4) is 0 Å². The summed E-state index contributed by atoms with van der Waals surface area (Å²) in [5, 5.41) is 12.5. The lowest BCUT2D eigenvalue weighted by molar-refractivity contribution is 0.0912. The highest BCUT2D eigenvalue weighted by Gasteiger charge is 2.13. The van der Waals surface area contributed by atoms with E-state index in [1.165, 1.54) is 6.07 Å². The Morgan fingerprint density at radius 1 is 1.33 bits per heavy atom. The summed E-state index contributed by atoms with van der Waals surface area (Å²) in [7, 11) is 0. The zero-order valence-electron chi connectivity index (χ0n) is 12.1. The molecule has 2 rings (SSSR count). The molecule has 2 unspecified atom stereocenters. The summed E-state index contributed by atoms with van der Waals surface area (Å²) in [5.74, 6) is -0.278. The van der Waals surface area contributed by atoms with Gasteiger partial charge in [-0.3, -0.25) is 9.59 Å². The van der Waals surface area contributed by atoms with Crippen molar-refractivity contribution >= 4 is 16.9 Å². The van der Waals surface area contributed by atoms with Crippen LogP contribution in [0.1, 0.15) is 30.8 Å². The van der Waals surface area contributed by atoms with Crippen molar-refractivity contribution in [1.29, 1.82) is 0 Å². The molecular formula is C16H19NO4. The Morgan fingerprint density at radius 3 is 2.76 bits per heavy atom. The second-order valence-electron chi connectivity index (χ2n) is 5.37. The summed E-state index contributed by atoms with van der Waals surface area (Å²) >= 11 is 0. The Hall–Kier alpha value is -2.14. The number of carbonyl (C=O) groups is 1. The van der Waals surface area contributed by atoms with Crippen LogP contribution < -0.4 is 10.7 Å². The molecule has 2 N–H and O–H groups in total. The molecule has 5 heteroatoms. The third-order valence-corrected chi connectivity index (χ3v) is 3.21. The lowest BCUT2D eigenvalue weighted by atomic mass is 10.0. The van der Waals surface area contributed by atoms with Gasteiger partial charge in [-0.05, 0) is 31.4 Å². The minimum absolute atomic E-state index is 0.00273. The summed E-state index contributed by atoms with van der Waals surface area (Å²) in [5.41, 5.74) is 0.159. The van der Waals surface area contributed by atoms with Crippen molar-refractivity contribution in [3.05, 3.63) is 46.3 Å². The maximum atomic E-state index is 12.0. The van der Waals surface area contributed by atoms with Crippen molar-refractivity contribution in [2.24, 2.45) is 5.92 Å². The highest BCUT2D eigenvalue weighted by Crippen LogP contribution is 2.12. The van der Waals surface area contributed by atoms with Crippen LogP contribution in [0.15, 0.2) is 39.5 Å². The van der Waals surface area contributed by atoms with Crippen LogP contribution in [0, 0.1) is 5.92 Å². The number of benzene rings is 1. The van der Waals surface area contributed by atoms with Gasteiger partial charge in [0.15, 0.2) is 11.2 Å². The van der Waals surface area contributed by atoms with E-state index in [0.717, 1.165) is 0 Å². The number of nitrogens with one attached hydrogen (secondary N) is 1. The van der Waals surface area contributed by atoms with Crippen LogP contribution >= 0.6 is 0 Å². The minimum Gasteiger partial charge on any atom is -0.451 e. The van der Waals surface area contributed by atoms with Crippen LogP contribution in [0.2, 0.25) is 0 Å². The monoisotopic (exact) mass is 289 g/mol. The number of carbonyl (C=O) groups excluding carboxylic acids is 1. The normalized spacial score (nSPS) is 13.9. The third kappa shape index (κ3) is 3.92. The van der Waals surface area contributed by atoms with Crippen LogP contribution in [0.5, 0.6) is 0 Å². The van der Waals surface area contributed by atoms with Gasteiger partial charge in [0, 0.05) is 12.6 Å². The highest BCUT2D eigenvalue weighted by molar-refractivity contribution is 5.93. The second-order valence-corrected chi connectivity index (χ2v) is 5.37. The van der Waals surface area contributed by atoms with Crippen LogP contribution in [-0.4, -0.2) is 23.7 Å². The smallest absolute Gasteiger partial charge is 0.287 e. The number of hydrogen-bond donors (Lipinski definition) is 2. The summed E-state index contributed by atoms with van der Waals surface area (Å²) in [6.07, 6.45) is 0.192. The Balaban J connectivity index is 2.11. The topological polar surface area (TPSA) is 79.5 Å². The number of hydrogen-bond acceptors (Lipinski definition) is 4. The van der Waals surface area contributed by atoms with Crippen LogP contribution in [0.3, 0.4) is 0 Å². The van der Waals surface area contributed by atoms with Gasteiger partial charge in [-0.2, -0.15) is 0 Å². The van der Waals surface area contributed by atoms with E-state index in [1.807, 2.05) is 6.92 Å². The molecule has 0 bridgehead atoms. The van der Waals surface area contributed by atoms with Gasteiger partial charge in [-0.1, -0.05) is 19.1 Å². The molecule has 0 saturated heterocycles. The molecular weight excluding hydrogens is 270 g/mol. The molecule has 1 amide bonds. The fourth-order valence-corrected chi connectivity index (χ4v) is 2.24. The predicted octanol–water partition coefficient (Wildman–Crippen LogP) is 1.93. The molecule has 0 spiro atoms. The quantitative estimate of drug-likeness (QED) is 0.881. The second kappa shape index (κ2) is 6.54. The van der Waals surface area contributed by atoms with Gasteiger partial charge in [0.2, 0.25) is 0 Å². The average Bonchev–Trinajstić information content (AvgIpc) is 2.44. The molecule has 0 saturated carbocycles. The number of rotatable bonds is 5. The maximum absolute atomic E-state index is 12.0. The fourth-order valence-electron chi connectivity index (χ4n) is 2.24. The van der Waals surface area contributed by atoms with E-state index < -0.39 is 12.0 Å². The zero-order chi connectivity index (χ0) is 15.4. The number of amides is 1. The number of aliphatic hydroxyl groups is 1. The third-order valence-electron chi connectivity index (χ3n) is 3.21. The van der Waals surface area contributed by atoms with E-state index in [-0.39, 0.29) is 17.1 Å². The van der Waals surface area contributed by atoms with Crippen molar-refractivity contribution in [2.75, 3.05) is 6.54 Å². The van der Waals surface area contributed by atoms with Crippen molar-refractivity contribution in [1.82, 2.24) is 5.32 Å². The zero-order valence-corrected chi connectivity index (χ0v) is 12.1. The molecule has 112 valence electrons. The first-order valence-corrected chi connectivity index (χ1v) is 6.96. The molecule has 1 aromatic carbocycles. The lowest BCUT2D eigenvalue weighted by Gasteiger charge is -2.13. The standard InChI is InChI=1S/C16H19NO4/c1-10(7-11(2)18)9-17-16(20)15-8-13(19)12-5-3-4-6-14(12)21-15/h3-6,8,10-11,18H,7,9H2,1-2H3,(H,17,20). The van der Waals surface area contributed by atoms with Crippen LogP contribution in [0.25, 0.3) is 11.0 Å². The molecule has 0 aliphatic rings. The Labute approximate surface area is 122 Å². The highest BCUT2D eigenvalue weighted by atomic mass is 16.3. The van der Waals surface area contributed by atoms with Gasteiger partial charge in [0.05, 0.1) is 11.5 Å². The summed E-state index contributed by atoms with van der Waals surface area (Å²) in [4.78, 5) is 23.9. The maximum Gasteiger partial charge on any atom is 0.287 e. The van der Waals surface area contributed by atoms with Crippen LogP contribution in [0.4, 0.5) is 0 Å². The number of fused-ring (bicyclic) bond motifs is 1. The fraction of sp³-hybridized carbons (Fsp3) is 0.375. The van der Waals surface area contributed by atoms with Crippen molar-refractivity contribution in [3.63, 3.8) is 0 Å². The van der Waals surface area contributed by atoms with Crippen molar-refractivity contribution in [2.45, 2.75) is 26.4 Å². The van der Waals surface area contributed by atoms with Crippen LogP contribution in [-0.2, 0) is 0 Å². The largest absolute Gasteiger partial charge is 0.451 e. The molecule has 1 aromatic heterocycles. The summed E-state index contributed by atoms with van der Waals surface area (Å²) in [6.45, 7) is 4.06. The van der Waals surface area contributed by atoms with E-state index in [9.17, 15) is 14.7 Å². The van der Waals surface area contributed by atoms with Gasteiger partial charge < -0.3 is 14.8 Å². The Kier molecular flexibility index (Phi) is 4.75. The molecule has 0 aliphatic heterocycles. The van der Waals surface area contributed by atoms with Gasteiger partial charge in [0.1, 0.15) is 5.58 Å². The average molecular weight is 289 g/mol.